The Balaban J connectivity index is 2.31. The van der Waals surface area contributed by atoms with Gasteiger partial charge in [0.1, 0.15) is 5.75 Å². The van der Waals surface area contributed by atoms with Gasteiger partial charge in [-0.1, -0.05) is 0 Å². The van der Waals surface area contributed by atoms with E-state index in [0.29, 0.717) is 24.5 Å². The van der Waals surface area contributed by atoms with Crippen molar-refractivity contribution in [2.24, 2.45) is 0 Å². The van der Waals surface area contributed by atoms with Gasteiger partial charge in [-0.3, -0.25) is 0 Å². The van der Waals surface area contributed by atoms with Crippen LogP contribution in [0, 0.1) is 0 Å². The molecule has 6 nitrogen and oxygen atoms in total. The number of ether oxygens (including phenoxy) is 2. The van der Waals surface area contributed by atoms with Gasteiger partial charge in [0, 0.05) is 12.7 Å². The van der Waals surface area contributed by atoms with Crippen LogP contribution in [-0.4, -0.2) is 33.8 Å². The number of sulfonamides is 1. The first-order valence-electron chi connectivity index (χ1n) is 6.37. The van der Waals surface area contributed by atoms with Gasteiger partial charge in [0.2, 0.25) is 10.0 Å². The Morgan fingerprint density at radius 3 is 2.75 bits per heavy atom. The molecule has 0 radical (unpaired) electrons. The highest BCUT2D eigenvalue weighted by Crippen LogP contribution is 2.29. The summed E-state index contributed by atoms with van der Waals surface area (Å²) < 4.78 is 38.1. The Kier molecular flexibility index (Phi) is 3.95. The number of anilines is 1. The van der Waals surface area contributed by atoms with E-state index in [1.807, 2.05) is 13.8 Å². The Hall–Kier alpha value is -1.31. The van der Waals surface area contributed by atoms with Gasteiger partial charge in [-0.05, 0) is 32.4 Å². The van der Waals surface area contributed by atoms with Crippen LogP contribution < -0.4 is 15.2 Å². The molecule has 1 heterocycles. The molecule has 1 aliphatic heterocycles. The second kappa shape index (κ2) is 5.23. The van der Waals surface area contributed by atoms with Gasteiger partial charge in [-0.2, -0.15) is 0 Å². The van der Waals surface area contributed by atoms with Crippen molar-refractivity contribution in [3.63, 3.8) is 0 Å². The summed E-state index contributed by atoms with van der Waals surface area (Å²) in [5.74, 6) is 0.341. The van der Waals surface area contributed by atoms with Crippen LogP contribution in [0.4, 0.5) is 5.69 Å². The number of hydrogen-bond acceptors (Lipinski definition) is 5. The second-order valence-corrected chi connectivity index (χ2v) is 6.87. The fourth-order valence-electron chi connectivity index (χ4n) is 2.19. The Bertz CT molecular complexity index is 602. The molecule has 1 fully saturated rings. The zero-order chi connectivity index (χ0) is 15.0. The molecule has 112 valence electrons. The normalized spacial score (nSPS) is 26.6. The molecule has 0 saturated carbocycles. The molecule has 20 heavy (non-hydrogen) atoms. The van der Waals surface area contributed by atoms with Crippen LogP contribution in [-0.2, 0) is 14.8 Å². The van der Waals surface area contributed by atoms with Crippen LogP contribution in [0.1, 0.15) is 20.3 Å². The Morgan fingerprint density at radius 2 is 2.20 bits per heavy atom. The SMILES string of the molecule is COc1cc(S(=O)(=O)NC2(C)CCOC2C)ccc1N. The third-order valence-corrected chi connectivity index (χ3v) is 5.38. The fraction of sp³-hybridized carbons (Fsp3) is 0.538. The summed E-state index contributed by atoms with van der Waals surface area (Å²) in [5.41, 5.74) is 5.49. The lowest BCUT2D eigenvalue weighted by Gasteiger charge is -2.28. The monoisotopic (exact) mass is 300 g/mol. The number of benzene rings is 1. The summed E-state index contributed by atoms with van der Waals surface area (Å²) in [6.07, 6.45) is 0.465. The van der Waals surface area contributed by atoms with E-state index in [0.717, 1.165) is 0 Å². The quantitative estimate of drug-likeness (QED) is 0.813. The lowest BCUT2D eigenvalue weighted by Crippen LogP contribution is -2.50. The molecule has 0 spiro atoms. The van der Waals surface area contributed by atoms with Gasteiger partial charge in [-0.15, -0.1) is 0 Å². The Labute approximate surface area is 119 Å². The van der Waals surface area contributed by atoms with Crippen molar-refractivity contribution < 1.29 is 17.9 Å². The number of nitrogens with one attached hydrogen (secondary N) is 1. The minimum absolute atomic E-state index is 0.129. The van der Waals surface area contributed by atoms with Crippen LogP contribution in [0.25, 0.3) is 0 Å². The lowest BCUT2D eigenvalue weighted by atomic mass is 9.97. The fourth-order valence-corrected chi connectivity index (χ4v) is 3.70. The summed E-state index contributed by atoms with van der Waals surface area (Å²) in [6, 6.07) is 4.40. The second-order valence-electron chi connectivity index (χ2n) is 5.19. The molecular formula is C13H20N2O4S. The van der Waals surface area contributed by atoms with Gasteiger partial charge in [0.15, 0.2) is 0 Å². The number of nitrogens with two attached hydrogens (primary N) is 1. The first-order valence-corrected chi connectivity index (χ1v) is 7.86. The predicted molar refractivity (Wildman–Crippen MR) is 76.2 cm³/mol. The number of hydrogen-bond donors (Lipinski definition) is 2. The minimum Gasteiger partial charge on any atom is -0.495 e. The van der Waals surface area contributed by atoms with E-state index in [1.165, 1.54) is 25.3 Å². The lowest BCUT2D eigenvalue weighted by molar-refractivity contribution is 0.0957. The maximum atomic E-state index is 12.5. The molecule has 0 aromatic heterocycles. The third-order valence-electron chi connectivity index (χ3n) is 3.77. The van der Waals surface area contributed by atoms with Crippen LogP contribution in [0.15, 0.2) is 23.1 Å². The molecule has 3 N–H and O–H groups in total. The zero-order valence-electron chi connectivity index (χ0n) is 11.8. The highest BCUT2D eigenvalue weighted by Gasteiger charge is 2.40. The first kappa shape index (κ1) is 15.1. The van der Waals surface area contributed by atoms with Crippen molar-refractivity contribution in [1.29, 1.82) is 0 Å². The topological polar surface area (TPSA) is 90.7 Å². The maximum absolute atomic E-state index is 12.5. The molecule has 2 unspecified atom stereocenters. The molecule has 1 saturated heterocycles. The van der Waals surface area contributed by atoms with E-state index >= 15 is 0 Å². The van der Waals surface area contributed by atoms with E-state index in [4.69, 9.17) is 15.2 Å². The van der Waals surface area contributed by atoms with Crippen molar-refractivity contribution in [2.45, 2.75) is 36.8 Å². The maximum Gasteiger partial charge on any atom is 0.241 e. The third kappa shape index (κ3) is 2.74. The molecule has 7 heteroatoms. The van der Waals surface area contributed by atoms with Crippen molar-refractivity contribution >= 4 is 15.7 Å². The van der Waals surface area contributed by atoms with E-state index < -0.39 is 15.6 Å². The van der Waals surface area contributed by atoms with E-state index in [2.05, 4.69) is 4.72 Å². The molecule has 1 aromatic rings. The molecule has 2 atom stereocenters. The van der Waals surface area contributed by atoms with Crippen LogP contribution in [0.5, 0.6) is 5.75 Å². The molecular weight excluding hydrogens is 280 g/mol. The average Bonchev–Trinajstić information content (AvgIpc) is 2.68. The summed E-state index contributed by atoms with van der Waals surface area (Å²) in [5, 5.41) is 0. The molecule has 1 aromatic carbocycles. The van der Waals surface area contributed by atoms with Crippen LogP contribution >= 0.6 is 0 Å². The van der Waals surface area contributed by atoms with Crippen molar-refractivity contribution in [3.8, 4) is 5.75 Å². The Morgan fingerprint density at radius 1 is 1.50 bits per heavy atom. The largest absolute Gasteiger partial charge is 0.495 e. The minimum atomic E-state index is -3.65. The number of methoxy groups -OCH3 is 1. The van der Waals surface area contributed by atoms with Crippen molar-refractivity contribution in [1.82, 2.24) is 4.72 Å². The van der Waals surface area contributed by atoms with E-state index in [-0.39, 0.29) is 11.0 Å². The number of nitrogen functional groups attached to an aromatic ring is 1. The molecule has 0 aliphatic carbocycles. The van der Waals surface area contributed by atoms with Gasteiger partial charge >= 0.3 is 0 Å². The summed E-state index contributed by atoms with van der Waals surface area (Å²) in [6.45, 7) is 4.25. The molecule has 1 aliphatic rings. The van der Waals surface area contributed by atoms with Crippen molar-refractivity contribution in [2.75, 3.05) is 19.5 Å². The van der Waals surface area contributed by atoms with Gasteiger partial charge in [-0.25, -0.2) is 13.1 Å². The highest BCUT2D eigenvalue weighted by atomic mass is 32.2. The van der Waals surface area contributed by atoms with E-state index in [1.54, 1.807) is 0 Å². The summed E-state index contributed by atoms with van der Waals surface area (Å²) in [4.78, 5) is 0.129. The molecule has 0 amide bonds. The van der Waals surface area contributed by atoms with Gasteiger partial charge in [0.25, 0.3) is 0 Å². The average molecular weight is 300 g/mol. The standard InChI is InChI=1S/C13H20N2O4S/c1-9-13(2,6-7-19-9)15-20(16,17)10-4-5-11(14)12(8-10)18-3/h4-5,8-9,15H,6-7,14H2,1-3H3. The van der Waals surface area contributed by atoms with Gasteiger partial charge in [0.05, 0.1) is 29.3 Å². The summed E-state index contributed by atoms with van der Waals surface area (Å²) >= 11 is 0. The predicted octanol–water partition coefficient (Wildman–Crippen LogP) is 1.12. The zero-order valence-corrected chi connectivity index (χ0v) is 12.7. The van der Waals surface area contributed by atoms with Crippen LogP contribution in [0.3, 0.4) is 0 Å². The summed E-state index contributed by atoms with van der Waals surface area (Å²) in [7, 11) is -2.20. The highest BCUT2D eigenvalue weighted by molar-refractivity contribution is 7.89. The molecule has 2 rings (SSSR count). The molecule has 0 bridgehead atoms. The van der Waals surface area contributed by atoms with Crippen molar-refractivity contribution in [3.05, 3.63) is 18.2 Å². The first-order chi connectivity index (χ1) is 9.28. The van der Waals surface area contributed by atoms with E-state index in [9.17, 15) is 8.42 Å². The van der Waals surface area contributed by atoms with Gasteiger partial charge < -0.3 is 15.2 Å². The smallest absolute Gasteiger partial charge is 0.241 e. The van der Waals surface area contributed by atoms with Crippen LogP contribution in [0.2, 0.25) is 0 Å². The number of rotatable bonds is 4.